The Balaban J connectivity index is -0.000000495. The third-order valence-electron chi connectivity index (χ3n) is 4.35. The number of anilines is 1. The molecule has 2 atom stereocenters. The summed E-state index contributed by atoms with van der Waals surface area (Å²) in [6.07, 6.45) is 7.92. The fraction of sp³-hybridized carbons (Fsp3) is 0.700. The van der Waals surface area contributed by atoms with Gasteiger partial charge < -0.3 is 21.3 Å². The van der Waals surface area contributed by atoms with Crippen molar-refractivity contribution in [1.82, 2.24) is 30.4 Å². The normalized spacial score (nSPS) is 11.4. The molecule has 2 aromatic rings. The largest absolute Gasteiger partial charge is 0.396 e. The van der Waals surface area contributed by atoms with Crippen molar-refractivity contribution in [3.05, 3.63) is 26.0 Å². The lowest BCUT2D eigenvalue weighted by molar-refractivity contribution is 0.272. The molecule has 216 valence electrons. The Morgan fingerprint density at radius 1 is 0.703 bits per heavy atom. The van der Waals surface area contributed by atoms with Crippen LogP contribution in [0.25, 0.3) is 0 Å². The van der Waals surface area contributed by atoms with Crippen LogP contribution in [-0.4, -0.2) is 65.9 Å². The fourth-order valence-corrected chi connectivity index (χ4v) is 3.15. The van der Waals surface area contributed by atoms with E-state index in [4.69, 9.17) is 74.0 Å². The van der Waals surface area contributed by atoms with Crippen LogP contribution in [0.15, 0.2) is 0 Å². The van der Waals surface area contributed by atoms with E-state index in [1.54, 1.807) is 0 Å². The molecule has 10 nitrogen and oxygen atoms in total. The van der Waals surface area contributed by atoms with Crippen molar-refractivity contribution in [1.29, 1.82) is 0 Å². The number of hydrogen-bond donors (Lipinski definition) is 4. The van der Waals surface area contributed by atoms with Gasteiger partial charge in [0.1, 0.15) is 0 Å². The molecule has 0 bridgehead atoms. The van der Waals surface area contributed by atoms with Gasteiger partial charge in [-0.15, -0.1) is 20.4 Å². The van der Waals surface area contributed by atoms with Crippen molar-refractivity contribution in [3.8, 4) is 0 Å². The van der Waals surface area contributed by atoms with Crippen LogP contribution in [-0.2, 0) is 0 Å². The molecule has 2 aromatic heterocycles. The van der Waals surface area contributed by atoms with Gasteiger partial charge in [0.15, 0.2) is 21.3 Å². The summed E-state index contributed by atoms with van der Waals surface area (Å²) in [7, 11) is 0. The number of unbranched alkanes of at least 4 members (excludes halogenated alkanes) is 2. The van der Waals surface area contributed by atoms with Gasteiger partial charge in [0.05, 0.1) is 0 Å². The Hall–Kier alpha value is -0.150. The molecule has 0 unspecified atom stereocenters. The van der Waals surface area contributed by atoms with Crippen LogP contribution in [0.1, 0.15) is 65.2 Å². The number of rotatable bonds is 12. The topological polar surface area (TPSA) is 156 Å². The zero-order chi connectivity index (χ0) is 26.6. The first-order chi connectivity index (χ1) is 16.7. The minimum absolute atomic E-state index is 0. The number of hydrogen-bond acceptors (Lipinski definition) is 10. The average Bonchev–Trinajstić information content (AvgIpc) is 2.82. The first-order valence-electron chi connectivity index (χ1n) is 11.2. The number of aliphatic hydroxyl groups is 2. The Morgan fingerprint density at radius 3 is 1.70 bits per heavy atom. The summed E-state index contributed by atoms with van der Waals surface area (Å²) in [6.45, 7) is 4.61. The molecule has 17 heteroatoms. The van der Waals surface area contributed by atoms with Gasteiger partial charge in [-0.05, 0) is 48.9 Å². The van der Waals surface area contributed by atoms with E-state index in [-0.39, 0.29) is 78.3 Å². The number of nitrogens with zero attached hydrogens (tertiary/aromatic N) is 6. The van der Waals surface area contributed by atoms with Crippen LogP contribution in [0.5, 0.6) is 0 Å². The summed E-state index contributed by atoms with van der Waals surface area (Å²) in [4.78, 5) is 7.47. The molecule has 0 saturated heterocycles. The smallest absolute Gasteiger partial charge is 0.245 e. The van der Waals surface area contributed by atoms with Gasteiger partial charge in [0.2, 0.25) is 10.6 Å². The molecule has 0 amide bonds. The number of halogens is 5. The van der Waals surface area contributed by atoms with Gasteiger partial charge >= 0.3 is 0 Å². The molecular formula is C20H37Cl5N8O2S2. The van der Waals surface area contributed by atoms with Crippen LogP contribution >= 0.6 is 85.0 Å². The molecule has 37 heavy (non-hydrogen) atoms. The standard InChI is InChI=1S/C10H16Cl2N4O.C7H17NO.C3Cl3N3.2H2S/c1-2-3-4-7(5-6-17)13-9-8(11)15-16-10(12)14-9;1-2-3-4-7(8)5-6-9;4-1-2(5)8-9-3(6)7-1;;/h7,17H,2-6H2,1H3,(H,13,14,16);7,9H,2-6,8H2,1H3;;2*1H2/t2*7-;;;/m00.../s1. The third kappa shape index (κ3) is 21.4. The molecule has 0 saturated carbocycles. The van der Waals surface area contributed by atoms with E-state index in [1.165, 1.54) is 12.8 Å². The summed E-state index contributed by atoms with van der Waals surface area (Å²) in [5.74, 6) is 0.418. The molecule has 0 aliphatic carbocycles. The van der Waals surface area contributed by atoms with Crippen LogP contribution in [0.3, 0.4) is 0 Å². The van der Waals surface area contributed by atoms with Gasteiger partial charge in [-0.2, -0.15) is 32.0 Å². The first-order valence-corrected chi connectivity index (χ1v) is 13.1. The lowest BCUT2D eigenvalue weighted by Gasteiger charge is -2.18. The van der Waals surface area contributed by atoms with Crippen molar-refractivity contribution < 1.29 is 10.2 Å². The Kier molecular flexibility index (Phi) is 29.1. The van der Waals surface area contributed by atoms with Crippen LogP contribution in [0.4, 0.5) is 5.82 Å². The maximum absolute atomic E-state index is 8.99. The van der Waals surface area contributed by atoms with Crippen LogP contribution in [0, 0.1) is 0 Å². The predicted octanol–water partition coefficient (Wildman–Crippen LogP) is 5.48. The minimum Gasteiger partial charge on any atom is -0.396 e. The lowest BCUT2D eigenvalue weighted by Crippen LogP contribution is -2.22. The molecule has 0 radical (unpaired) electrons. The van der Waals surface area contributed by atoms with Crippen molar-refractivity contribution in [2.45, 2.75) is 77.3 Å². The summed E-state index contributed by atoms with van der Waals surface area (Å²) in [5.41, 5.74) is 5.61. The molecule has 0 aliphatic rings. The zero-order valence-corrected chi connectivity index (χ0v) is 26.6. The van der Waals surface area contributed by atoms with Gasteiger partial charge in [-0.3, -0.25) is 0 Å². The number of nitrogens with two attached hydrogens (primary N) is 1. The molecule has 5 N–H and O–H groups in total. The number of nitrogens with one attached hydrogen (secondary N) is 1. The first kappa shape index (κ1) is 41.3. The van der Waals surface area contributed by atoms with E-state index in [9.17, 15) is 0 Å². The van der Waals surface area contributed by atoms with Gasteiger partial charge in [-0.1, -0.05) is 74.3 Å². The minimum atomic E-state index is -0.00981. The Labute approximate surface area is 257 Å². The van der Waals surface area contributed by atoms with Crippen LogP contribution < -0.4 is 11.1 Å². The van der Waals surface area contributed by atoms with Crippen LogP contribution in [0.2, 0.25) is 26.0 Å². The second kappa shape index (κ2) is 26.1. The van der Waals surface area contributed by atoms with Crippen molar-refractivity contribution in [2.75, 3.05) is 18.5 Å². The second-order valence-electron chi connectivity index (χ2n) is 7.29. The van der Waals surface area contributed by atoms with E-state index < -0.39 is 0 Å². The van der Waals surface area contributed by atoms with E-state index >= 15 is 0 Å². The van der Waals surface area contributed by atoms with Crippen molar-refractivity contribution in [2.24, 2.45) is 5.73 Å². The summed E-state index contributed by atoms with van der Waals surface area (Å²) in [6, 6.07) is 0.333. The average molecular weight is 663 g/mol. The highest BCUT2D eigenvalue weighted by Gasteiger charge is 2.12. The number of aliphatic hydroxyl groups excluding tert-OH is 2. The highest BCUT2D eigenvalue weighted by atomic mass is 35.5. The molecule has 2 rings (SSSR count). The lowest BCUT2D eigenvalue weighted by atomic mass is 10.1. The summed E-state index contributed by atoms with van der Waals surface area (Å²) >= 11 is 27.5. The monoisotopic (exact) mass is 660 g/mol. The third-order valence-corrected chi connectivity index (χ3v) is 5.54. The second-order valence-corrected chi connectivity index (χ2v) is 9.04. The van der Waals surface area contributed by atoms with Crippen molar-refractivity contribution in [3.63, 3.8) is 0 Å². The quantitative estimate of drug-likeness (QED) is 0.230. The van der Waals surface area contributed by atoms with E-state index in [0.717, 1.165) is 32.1 Å². The molecule has 0 aromatic carbocycles. The predicted molar refractivity (Wildman–Crippen MR) is 163 cm³/mol. The maximum atomic E-state index is 8.99. The van der Waals surface area contributed by atoms with Gasteiger partial charge in [-0.25, -0.2) is 4.98 Å². The Bertz CT molecular complexity index is 836. The molecule has 0 spiro atoms. The molecule has 0 fully saturated rings. The van der Waals surface area contributed by atoms with Gasteiger partial charge in [0, 0.05) is 25.3 Å². The molecular weight excluding hydrogens is 626 g/mol. The summed E-state index contributed by atoms with van der Waals surface area (Å²) in [5, 5.41) is 34.8. The molecule has 0 aliphatic heterocycles. The zero-order valence-electron chi connectivity index (χ0n) is 20.8. The molecule has 2 heterocycles. The highest BCUT2D eigenvalue weighted by Crippen LogP contribution is 2.20. The fourth-order valence-electron chi connectivity index (χ4n) is 2.53. The van der Waals surface area contributed by atoms with Crippen molar-refractivity contribution >= 4 is 90.8 Å². The van der Waals surface area contributed by atoms with E-state index in [0.29, 0.717) is 12.2 Å². The summed E-state index contributed by atoms with van der Waals surface area (Å²) < 4.78 is 0. The SMILES string of the molecule is CCCC[C@@H](CCO)Nc1nc(Cl)nnc1Cl.CCCC[C@H](N)CCO.Clc1nnc(Cl)c(Cl)n1.S.S. The van der Waals surface area contributed by atoms with E-state index in [2.05, 4.69) is 49.5 Å². The van der Waals surface area contributed by atoms with Gasteiger partial charge in [0.25, 0.3) is 0 Å². The highest BCUT2D eigenvalue weighted by molar-refractivity contribution is 7.59. The maximum Gasteiger partial charge on any atom is 0.245 e. The number of aromatic nitrogens is 6. The Morgan fingerprint density at radius 2 is 1.22 bits per heavy atom. The van der Waals surface area contributed by atoms with E-state index in [1.807, 2.05) is 0 Å².